The summed E-state index contributed by atoms with van der Waals surface area (Å²) in [5.41, 5.74) is 1.13. The van der Waals surface area contributed by atoms with Crippen LogP contribution in [0.25, 0.3) is 0 Å². The van der Waals surface area contributed by atoms with Crippen LogP contribution in [-0.2, 0) is 0 Å². The van der Waals surface area contributed by atoms with Gasteiger partial charge in [0, 0.05) is 11.1 Å². The minimum Gasteiger partial charge on any atom is -0.472 e. The Morgan fingerprint density at radius 1 is 1.24 bits per heavy atom. The zero-order valence-corrected chi connectivity index (χ0v) is 9.63. The third-order valence-electron chi connectivity index (χ3n) is 2.77. The Labute approximate surface area is 98.3 Å². The molecule has 2 nitrogen and oxygen atoms in total. The molecule has 2 rings (SSSR count). The molecule has 0 aliphatic carbocycles. The van der Waals surface area contributed by atoms with Crippen LogP contribution in [0.1, 0.15) is 22.7 Å². The molecular formula is C13H13F2NO. The Morgan fingerprint density at radius 3 is 2.59 bits per heavy atom. The van der Waals surface area contributed by atoms with Crippen molar-refractivity contribution in [1.29, 1.82) is 0 Å². The predicted octanol–water partition coefficient (Wildman–Crippen LogP) is 3.18. The van der Waals surface area contributed by atoms with Crippen LogP contribution in [-0.4, -0.2) is 7.05 Å². The predicted molar refractivity (Wildman–Crippen MR) is 60.7 cm³/mol. The molecule has 0 saturated heterocycles. The van der Waals surface area contributed by atoms with Crippen molar-refractivity contribution in [3.8, 4) is 0 Å². The van der Waals surface area contributed by atoms with Crippen LogP contribution in [0, 0.1) is 18.6 Å². The maximum Gasteiger partial charge on any atom is 0.134 e. The summed E-state index contributed by atoms with van der Waals surface area (Å²) >= 11 is 0. The van der Waals surface area contributed by atoms with E-state index in [1.807, 2.05) is 0 Å². The van der Waals surface area contributed by atoms with E-state index in [0.717, 1.165) is 0 Å². The SMILES string of the molecule is CNC(c1ccoc1)c1c(F)ccc(C)c1F. The van der Waals surface area contributed by atoms with E-state index in [1.165, 1.54) is 24.7 Å². The molecule has 0 bridgehead atoms. The van der Waals surface area contributed by atoms with E-state index < -0.39 is 17.7 Å². The molecular weight excluding hydrogens is 224 g/mol. The summed E-state index contributed by atoms with van der Waals surface area (Å²) in [6.07, 6.45) is 2.95. The third kappa shape index (κ3) is 2.08. The molecule has 1 aromatic carbocycles. The Morgan fingerprint density at radius 2 is 2.00 bits per heavy atom. The van der Waals surface area contributed by atoms with E-state index in [4.69, 9.17) is 4.42 Å². The normalized spacial score (nSPS) is 12.7. The van der Waals surface area contributed by atoms with E-state index in [2.05, 4.69) is 5.32 Å². The van der Waals surface area contributed by atoms with Gasteiger partial charge in [0.15, 0.2) is 0 Å². The molecule has 0 aliphatic heterocycles. The van der Waals surface area contributed by atoms with Gasteiger partial charge in [-0.2, -0.15) is 0 Å². The lowest BCUT2D eigenvalue weighted by atomic mass is 9.98. The topological polar surface area (TPSA) is 25.2 Å². The average molecular weight is 237 g/mol. The van der Waals surface area contributed by atoms with Gasteiger partial charge < -0.3 is 9.73 Å². The van der Waals surface area contributed by atoms with Gasteiger partial charge in [0.25, 0.3) is 0 Å². The average Bonchev–Trinajstić information content (AvgIpc) is 2.83. The van der Waals surface area contributed by atoms with Gasteiger partial charge in [0.05, 0.1) is 18.6 Å². The summed E-state index contributed by atoms with van der Waals surface area (Å²) < 4.78 is 32.7. The van der Waals surface area contributed by atoms with Crippen molar-refractivity contribution < 1.29 is 13.2 Å². The summed E-state index contributed by atoms with van der Waals surface area (Å²) in [6.45, 7) is 1.61. The smallest absolute Gasteiger partial charge is 0.134 e. The first-order valence-corrected chi connectivity index (χ1v) is 5.29. The monoisotopic (exact) mass is 237 g/mol. The van der Waals surface area contributed by atoms with Crippen LogP contribution in [0.2, 0.25) is 0 Å². The molecule has 1 N–H and O–H groups in total. The van der Waals surface area contributed by atoms with Crippen molar-refractivity contribution in [2.75, 3.05) is 7.05 Å². The van der Waals surface area contributed by atoms with E-state index in [9.17, 15) is 8.78 Å². The second-order valence-electron chi connectivity index (χ2n) is 3.87. The number of benzene rings is 1. The summed E-state index contributed by atoms with van der Waals surface area (Å²) in [4.78, 5) is 0. The van der Waals surface area contributed by atoms with Crippen LogP contribution < -0.4 is 5.32 Å². The first-order chi connectivity index (χ1) is 8.15. The van der Waals surface area contributed by atoms with Gasteiger partial charge in [0.1, 0.15) is 11.6 Å². The maximum absolute atomic E-state index is 14.0. The number of hydrogen-bond acceptors (Lipinski definition) is 2. The van der Waals surface area contributed by atoms with E-state index in [0.29, 0.717) is 11.1 Å². The molecule has 17 heavy (non-hydrogen) atoms. The molecule has 1 unspecified atom stereocenters. The van der Waals surface area contributed by atoms with Gasteiger partial charge >= 0.3 is 0 Å². The summed E-state index contributed by atoms with van der Waals surface area (Å²) in [7, 11) is 1.65. The van der Waals surface area contributed by atoms with Crippen molar-refractivity contribution >= 4 is 0 Å². The highest BCUT2D eigenvalue weighted by atomic mass is 19.1. The lowest BCUT2D eigenvalue weighted by Crippen LogP contribution is -2.20. The minimum atomic E-state index is -0.561. The first-order valence-electron chi connectivity index (χ1n) is 5.29. The fourth-order valence-corrected chi connectivity index (χ4v) is 1.86. The molecule has 0 amide bonds. The molecule has 0 spiro atoms. The minimum absolute atomic E-state index is 0.0221. The lowest BCUT2D eigenvalue weighted by molar-refractivity contribution is 0.511. The van der Waals surface area contributed by atoms with Gasteiger partial charge in [-0.3, -0.25) is 0 Å². The highest BCUT2D eigenvalue weighted by Gasteiger charge is 2.22. The Hall–Kier alpha value is -1.68. The number of halogens is 2. The Balaban J connectivity index is 2.55. The molecule has 90 valence electrons. The molecule has 4 heteroatoms. The van der Waals surface area contributed by atoms with E-state index in [1.54, 1.807) is 20.0 Å². The van der Waals surface area contributed by atoms with Crippen LogP contribution in [0.4, 0.5) is 8.78 Å². The number of hydrogen-bond donors (Lipinski definition) is 1. The number of nitrogens with one attached hydrogen (secondary N) is 1. The number of aryl methyl sites for hydroxylation is 1. The van der Waals surface area contributed by atoms with Crippen LogP contribution in [0.3, 0.4) is 0 Å². The molecule has 0 radical (unpaired) electrons. The number of furan rings is 1. The van der Waals surface area contributed by atoms with Crippen molar-refractivity contribution in [3.05, 3.63) is 59.1 Å². The number of rotatable bonds is 3. The fraction of sp³-hybridized carbons (Fsp3) is 0.231. The van der Waals surface area contributed by atoms with Crippen LogP contribution in [0.15, 0.2) is 35.1 Å². The molecule has 1 aromatic heterocycles. The van der Waals surface area contributed by atoms with Crippen LogP contribution in [0.5, 0.6) is 0 Å². The lowest BCUT2D eigenvalue weighted by Gasteiger charge is -2.17. The molecule has 0 fully saturated rings. The zero-order chi connectivity index (χ0) is 12.4. The van der Waals surface area contributed by atoms with Crippen molar-refractivity contribution in [2.45, 2.75) is 13.0 Å². The van der Waals surface area contributed by atoms with E-state index in [-0.39, 0.29) is 5.56 Å². The second-order valence-corrected chi connectivity index (χ2v) is 3.87. The van der Waals surface area contributed by atoms with Gasteiger partial charge in [-0.05, 0) is 31.7 Å². The highest BCUT2D eigenvalue weighted by Crippen LogP contribution is 2.28. The summed E-state index contributed by atoms with van der Waals surface area (Å²) in [5.74, 6) is -1.08. The zero-order valence-electron chi connectivity index (χ0n) is 9.63. The second kappa shape index (κ2) is 4.67. The Kier molecular flexibility index (Phi) is 3.24. The first kappa shape index (κ1) is 11.8. The molecule has 0 saturated carbocycles. The van der Waals surface area contributed by atoms with Gasteiger partial charge in [-0.1, -0.05) is 6.07 Å². The quantitative estimate of drug-likeness (QED) is 0.887. The highest BCUT2D eigenvalue weighted by molar-refractivity contribution is 5.35. The third-order valence-corrected chi connectivity index (χ3v) is 2.77. The Bertz CT molecular complexity index is 508. The molecule has 2 aromatic rings. The standard InChI is InChI=1S/C13H13F2NO/c1-8-3-4-10(14)11(12(8)15)13(16-2)9-5-6-17-7-9/h3-7,13,16H,1-2H3. The van der Waals surface area contributed by atoms with Gasteiger partial charge in [-0.25, -0.2) is 8.78 Å². The summed E-state index contributed by atoms with van der Waals surface area (Å²) in [6, 6.07) is 3.84. The molecule has 1 atom stereocenters. The van der Waals surface area contributed by atoms with Crippen molar-refractivity contribution in [2.24, 2.45) is 0 Å². The molecule has 1 heterocycles. The van der Waals surface area contributed by atoms with Gasteiger partial charge in [-0.15, -0.1) is 0 Å². The van der Waals surface area contributed by atoms with Crippen LogP contribution >= 0.6 is 0 Å². The van der Waals surface area contributed by atoms with Gasteiger partial charge in [0.2, 0.25) is 0 Å². The van der Waals surface area contributed by atoms with E-state index >= 15 is 0 Å². The fourth-order valence-electron chi connectivity index (χ4n) is 1.86. The largest absolute Gasteiger partial charge is 0.472 e. The summed E-state index contributed by atoms with van der Waals surface area (Å²) in [5, 5.41) is 2.89. The molecule has 0 aliphatic rings. The van der Waals surface area contributed by atoms with Crippen molar-refractivity contribution in [1.82, 2.24) is 5.32 Å². The maximum atomic E-state index is 14.0. The van der Waals surface area contributed by atoms with Crippen molar-refractivity contribution in [3.63, 3.8) is 0 Å².